The maximum atomic E-state index is 12.1. The van der Waals surface area contributed by atoms with E-state index in [1.165, 1.54) is 17.8 Å². The van der Waals surface area contributed by atoms with Gasteiger partial charge in [-0.3, -0.25) is 9.59 Å². The molecule has 0 aliphatic heterocycles. The molecule has 0 saturated carbocycles. The van der Waals surface area contributed by atoms with Gasteiger partial charge in [-0.15, -0.1) is 0 Å². The van der Waals surface area contributed by atoms with Gasteiger partial charge in [0.15, 0.2) is 5.78 Å². The maximum Gasteiger partial charge on any atom is 0.200 e. The first-order chi connectivity index (χ1) is 10.0. The molecule has 2 rings (SSSR count). The van der Waals surface area contributed by atoms with E-state index >= 15 is 0 Å². The van der Waals surface area contributed by atoms with Crippen molar-refractivity contribution >= 4 is 33.5 Å². The Labute approximate surface area is 134 Å². The van der Waals surface area contributed by atoms with Crippen LogP contribution in [0.5, 0.6) is 0 Å². The molecule has 2 aromatic rings. The zero-order chi connectivity index (χ0) is 15.4. The van der Waals surface area contributed by atoms with Crippen LogP contribution >= 0.6 is 27.7 Å². The van der Waals surface area contributed by atoms with Gasteiger partial charge in [-0.2, -0.15) is 5.26 Å². The summed E-state index contributed by atoms with van der Waals surface area (Å²) in [6.07, 6.45) is 0. The molecule has 6 heteroatoms. The van der Waals surface area contributed by atoms with Crippen molar-refractivity contribution in [3.8, 4) is 6.07 Å². The molecule has 4 nitrogen and oxygen atoms in total. The van der Waals surface area contributed by atoms with Crippen LogP contribution in [-0.2, 0) is 0 Å². The van der Waals surface area contributed by atoms with E-state index in [4.69, 9.17) is 5.26 Å². The van der Waals surface area contributed by atoms with E-state index in [9.17, 15) is 9.59 Å². The van der Waals surface area contributed by atoms with E-state index in [1.54, 1.807) is 31.2 Å². The highest BCUT2D eigenvalue weighted by Crippen LogP contribution is 2.20. The van der Waals surface area contributed by atoms with Gasteiger partial charge in [0, 0.05) is 21.8 Å². The summed E-state index contributed by atoms with van der Waals surface area (Å²) in [6.45, 7) is 1.74. The zero-order valence-corrected chi connectivity index (χ0v) is 13.5. The van der Waals surface area contributed by atoms with Gasteiger partial charge in [0.1, 0.15) is 11.6 Å². The Kier molecular flexibility index (Phi) is 4.99. The molecule has 0 unspecified atom stereocenters. The smallest absolute Gasteiger partial charge is 0.200 e. The number of ketones is 1. The number of nitrogens with zero attached hydrogens (tertiary/aromatic N) is 1. The van der Waals surface area contributed by atoms with Gasteiger partial charge in [0.2, 0.25) is 5.43 Å². The highest BCUT2D eigenvalue weighted by molar-refractivity contribution is 9.10. The molecule has 0 fully saturated rings. The first-order valence-electron chi connectivity index (χ1n) is 6.07. The lowest BCUT2D eigenvalue weighted by Gasteiger charge is -2.05. The Morgan fingerprint density at radius 3 is 2.67 bits per heavy atom. The number of hydrogen-bond acceptors (Lipinski definition) is 4. The quantitative estimate of drug-likeness (QED) is 0.668. The Hall–Kier alpha value is -1.84. The standard InChI is InChI=1S/C15H11BrN2O2S/c1-9-6-13(19)12(7-17)15(18-9)21-8-14(20)10-2-4-11(16)5-3-10/h2-6H,8H2,1H3,(H,18,19). The number of pyridine rings is 1. The van der Waals surface area contributed by atoms with Crippen LogP contribution in [0.3, 0.4) is 0 Å². The van der Waals surface area contributed by atoms with Crippen molar-refractivity contribution in [1.82, 2.24) is 4.98 Å². The molecule has 21 heavy (non-hydrogen) atoms. The number of carbonyl (C=O) groups is 1. The van der Waals surface area contributed by atoms with Crippen molar-refractivity contribution in [3.63, 3.8) is 0 Å². The summed E-state index contributed by atoms with van der Waals surface area (Å²) in [4.78, 5) is 26.8. The summed E-state index contributed by atoms with van der Waals surface area (Å²) in [6, 6.07) is 10.3. The van der Waals surface area contributed by atoms with Gasteiger partial charge in [-0.05, 0) is 19.1 Å². The van der Waals surface area contributed by atoms with Gasteiger partial charge in [0.25, 0.3) is 0 Å². The molecule has 0 saturated heterocycles. The second-order valence-corrected chi connectivity index (χ2v) is 6.25. The first-order valence-corrected chi connectivity index (χ1v) is 7.84. The van der Waals surface area contributed by atoms with Crippen LogP contribution in [0.25, 0.3) is 0 Å². The molecule has 0 bridgehead atoms. The van der Waals surface area contributed by atoms with Crippen LogP contribution in [0, 0.1) is 18.3 Å². The monoisotopic (exact) mass is 362 g/mol. The van der Waals surface area contributed by atoms with E-state index in [1.807, 2.05) is 6.07 Å². The number of Topliss-reactive ketones (excluding diaryl/α,β-unsaturated/α-hetero) is 1. The fraction of sp³-hybridized carbons (Fsp3) is 0.133. The molecule has 1 aromatic carbocycles. The van der Waals surface area contributed by atoms with Crippen LogP contribution in [0.15, 0.2) is 44.6 Å². The normalized spacial score (nSPS) is 10.1. The third-order valence-corrected chi connectivity index (χ3v) is 4.29. The van der Waals surface area contributed by atoms with Gasteiger partial charge in [-0.25, -0.2) is 0 Å². The number of aromatic amines is 1. The molecule has 1 N–H and O–H groups in total. The number of carbonyl (C=O) groups excluding carboxylic acids is 1. The number of benzene rings is 1. The van der Waals surface area contributed by atoms with Crippen LogP contribution in [-0.4, -0.2) is 16.5 Å². The van der Waals surface area contributed by atoms with Crippen molar-refractivity contribution < 1.29 is 4.79 Å². The largest absolute Gasteiger partial charge is 0.353 e. The average Bonchev–Trinajstić information content (AvgIpc) is 2.45. The topological polar surface area (TPSA) is 73.7 Å². The van der Waals surface area contributed by atoms with Crippen LogP contribution in [0.4, 0.5) is 0 Å². The third kappa shape index (κ3) is 3.84. The number of aryl methyl sites for hydroxylation is 1. The molecule has 106 valence electrons. The highest BCUT2D eigenvalue weighted by Gasteiger charge is 2.12. The number of nitriles is 1. The molecule has 0 aliphatic carbocycles. The fourth-order valence-electron chi connectivity index (χ4n) is 1.73. The lowest BCUT2D eigenvalue weighted by molar-refractivity contribution is 0.102. The second-order valence-electron chi connectivity index (χ2n) is 4.35. The minimum absolute atomic E-state index is 0.0502. The molecule has 0 radical (unpaired) electrons. The average molecular weight is 363 g/mol. The number of rotatable bonds is 4. The minimum Gasteiger partial charge on any atom is -0.353 e. The maximum absolute atomic E-state index is 12.1. The predicted octanol–water partition coefficient (Wildman–Crippen LogP) is 3.29. The lowest BCUT2D eigenvalue weighted by atomic mass is 10.2. The van der Waals surface area contributed by atoms with Gasteiger partial charge in [0.05, 0.1) is 10.8 Å². The summed E-state index contributed by atoms with van der Waals surface area (Å²) in [7, 11) is 0. The van der Waals surface area contributed by atoms with Crippen molar-refractivity contribution in [1.29, 1.82) is 5.26 Å². The summed E-state index contributed by atoms with van der Waals surface area (Å²) in [5.41, 5.74) is 0.985. The van der Waals surface area contributed by atoms with Crippen molar-refractivity contribution in [2.45, 2.75) is 11.9 Å². The van der Waals surface area contributed by atoms with Gasteiger partial charge in [-0.1, -0.05) is 39.8 Å². The van der Waals surface area contributed by atoms with Gasteiger partial charge < -0.3 is 4.98 Å². The minimum atomic E-state index is -0.327. The summed E-state index contributed by atoms with van der Waals surface area (Å²) < 4.78 is 0.904. The number of H-pyrrole nitrogens is 1. The van der Waals surface area contributed by atoms with E-state index in [-0.39, 0.29) is 22.5 Å². The number of hydrogen-bond donors (Lipinski definition) is 1. The van der Waals surface area contributed by atoms with E-state index in [0.717, 1.165) is 4.47 Å². The van der Waals surface area contributed by atoms with Crippen LogP contribution < -0.4 is 5.43 Å². The Bertz CT molecular complexity index is 776. The van der Waals surface area contributed by atoms with Gasteiger partial charge >= 0.3 is 0 Å². The SMILES string of the molecule is Cc1cc(=O)c(C#N)c(SCC(=O)c2ccc(Br)cc2)[nH]1. The zero-order valence-electron chi connectivity index (χ0n) is 11.1. The van der Waals surface area contributed by atoms with E-state index < -0.39 is 0 Å². The Morgan fingerprint density at radius 1 is 1.38 bits per heavy atom. The highest BCUT2D eigenvalue weighted by atomic mass is 79.9. The molecule has 1 heterocycles. The Morgan fingerprint density at radius 2 is 2.05 bits per heavy atom. The first kappa shape index (κ1) is 15.5. The van der Waals surface area contributed by atoms with Crippen LogP contribution in [0.2, 0.25) is 0 Å². The molecule has 0 spiro atoms. The lowest BCUT2D eigenvalue weighted by Crippen LogP contribution is -2.10. The van der Waals surface area contributed by atoms with E-state index in [0.29, 0.717) is 16.3 Å². The number of thioether (sulfide) groups is 1. The fourth-order valence-corrected chi connectivity index (χ4v) is 2.96. The third-order valence-electron chi connectivity index (χ3n) is 2.76. The number of nitrogens with one attached hydrogen (secondary N) is 1. The molecule has 0 aliphatic rings. The molecular formula is C15H11BrN2O2S. The van der Waals surface area contributed by atoms with E-state index in [2.05, 4.69) is 20.9 Å². The molecular weight excluding hydrogens is 352 g/mol. The molecule has 0 atom stereocenters. The summed E-state index contributed by atoms with van der Waals surface area (Å²) >= 11 is 4.48. The van der Waals surface area contributed by atoms with Crippen molar-refractivity contribution in [2.24, 2.45) is 0 Å². The van der Waals surface area contributed by atoms with Crippen LogP contribution in [0.1, 0.15) is 21.6 Å². The summed E-state index contributed by atoms with van der Waals surface area (Å²) in [5.74, 6) is 0.106. The van der Waals surface area contributed by atoms with Crippen molar-refractivity contribution in [2.75, 3.05) is 5.75 Å². The summed E-state index contributed by atoms with van der Waals surface area (Å²) in [5, 5.41) is 9.47. The Balaban J connectivity index is 2.17. The second kappa shape index (κ2) is 6.74. The van der Waals surface area contributed by atoms with Crippen molar-refractivity contribution in [3.05, 3.63) is 61.8 Å². The number of aromatic nitrogens is 1. The predicted molar refractivity (Wildman–Crippen MR) is 85.7 cm³/mol. The molecule has 0 amide bonds. The number of halogens is 1. The molecule has 1 aromatic heterocycles.